The Hall–Kier alpha value is -0.910. The molecule has 5 heteroatoms. The van der Waals surface area contributed by atoms with Gasteiger partial charge < -0.3 is 0 Å². The van der Waals surface area contributed by atoms with Crippen LogP contribution in [-0.2, 0) is 10.0 Å². The van der Waals surface area contributed by atoms with Crippen molar-refractivity contribution in [1.82, 2.24) is 4.31 Å². The van der Waals surface area contributed by atoms with Crippen LogP contribution in [0.2, 0.25) is 0 Å². The molecule has 1 fully saturated rings. The number of nitrogens with zero attached hydrogens (tertiary/aromatic N) is 1. The van der Waals surface area contributed by atoms with Crippen molar-refractivity contribution in [2.75, 3.05) is 13.1 Å². The molecule has 0 aliphatic carbocycles. The molecule has 1 heterocycles. The molecule has 1 aliphatic heterocycles. The fourth-order valence-corrected chi connectivity index (χ4v) is 4.93. The number of halogens is 1. The van der Waals surface area contributed by atoms with Gasteiger partial charge in [0.05, 0.1) is 4.90 Å². The summed E-state index contributed by atoms with van der Waals surface area (Å²) < 4.78 is 27.0. The molecule has 0 spiro atoms. The van der Waals surface area contributed by atoms with E-state index in [9.17, 15) is 8.42 Å². The summed E-state index contributed by atoms with van der Waals surface area (Å²) in [5.41, 5.74) is 0. The normalized spacial score (nSPS) is 21.0. The van der Waals surface area contributed by atoms with Crippen LogP contribution in [0.15, 0.2) is 47.4 Å². The summed E-state index contributed by atoms with van der Waals surface area (Å²) in [5, 5.41) is 1.75. The Morgan fingerprint density at radius 2 is 1.84 bits per heavy atom. The molecule has 0 N–H and O–H groups in total. The van der Waals surface area contributed by atoms with Gasteiger partial charge in [0.1, 0.15) is 0 Å². The molecule has 0 aromatic heterocycles. The Labute approximate surface area is 121 Å². The minimum Gasteiger partial charge on any atom is -0.207 e. The molecule has 19 heavy (non-hydrogen) atoms. The predicted octanol–water partition coefficient (Wildman–Crippen LogP) is 3.00. The lowest BCUT2D eigenvalue weighted by molar-refractivity contribution is 0.479. The number of sulfonamides is 1. The van der Waals surface area contributed by atoms with E-state index in [1.54, 1.807) is 16.4 Å². The standard InChI is InChI=1S/C14H14BrNO2S/c15-12-8-9-16(10-12)19(17,18)14-7-3-5-11-4-1-2-6-13(11)14/h1-7,12H,8-10H2. The van der Waals surface area contributed by atoms with E-state index in [-0.39, 0.29) is 4.83 Å². The zero-order chi connectivity index (χ0) is 13.5. The van der Waals surface area contributed by atoms with E-state index < -0.39 is 10.0 Å². The van der Waals surface area contributed by atoms with Crippen molar-refractivity contribution in [3.8, 4) is 0 Å². The van der Waals surface area contributed by atoms with E-state index in [1.165, 1.54) is 0 Å². The van der Waals surface area contributed by atoms with E-state index in [0.717, 1.165) is 17.2 Å². The van der Waals surface area contributed by atoms with Crippen LogP contribution >= 0.6 is 15.9 Å². The van der Waals surface area contributed by atoms with Crippen LogP contribution in [0.1, 0.15) is 6.42 Å². The van der Waals surface area contributed by atoms with Crippen molar-refractivity contribution in [2.24, 2.45) is 0 Å². The Morgan fingerprint density at radius 3 is 2.58 bits per heavy atom. The maximum Gasteiger partial charge on any atom is 0.243 e. The summed E-state index contributed by atoms with van der Waals surface area (Å²) in [6.07, 6.45) is 0.865. The lowest BCUT2D eigenvalue weighted by Gasteiger charge is -2.17. The summed E-state index contributed by atoms with van der Waals surface area (Å²) in [7, 11) is -3.39. The molecule has 0 saturated carbocycles. The average Bonchev–Trinajstić information content (AvgIpc) is 2.85. The largest absolute Gasteiger partial charge is 0.243 e. The van der Waals surface area contributed by atoms with E-state index in [2.05, 4.69) is 15.9 Å². The maximum absolute atomic E-state index is 12.7. The molecule has 1 aliphatic rings. The fraction of sp³-hybridized carbons (Fsp3) is 0.286. The van der Waals surface area contributed by atoms with Crippen LogP contribution in [0.3, 0.4) is 0 Å². The van der Waals surface area contributed by atoms with Gasteiger partial charge >= 0.3 is 0 Å². The van der Waals surface area contributed by atoms with Crippen molar-refractivity contribution < 1.29 is 8.42 Å². The molecule has 0 bridgehead atoms. The van der Waals surface area contributed by atoms with Crippen LogP contribution in [0.4, 0.5) is 0 Å². The minimum atomic E-state index is -3.39. The van der Waals surface area contributed by atoms with Gasteiger partial charge in [-0.15, -0.1) is 0 Å². The first-order valence-corrected chi connectivity index (χ1v) is 8.56. The third kappa shape index (κ3) is 2.30. The minimum absolute atomic E-state index is 0.261. The fourth-order valence-electron chi connectivity index (χ4n) is 2.47. The van der Waals surface area contributed by atoms with E-state index in [4.69, 9.17) is 0 Å². The quantitative estimate of drug-likeness (QED) is 0.788. The van der Waals surface area contributed by atoms with E-state index in [0.29, 0.717) is 18.0 Å². The van der Waals surface area contributed by atoms with Gasteiger partial charge in [0.15, 0.2) is 0 Å². The number of hydrogen-bond acceptors (Lipinski definition) is 2. The molecular weight excluding hydrogens is 326 g/mol. The lowest BCUT2D eigenvalue weighted by Crippen LogP contribution is -2.29. The first-order chi connectivity index (χ1) is 9.09. The highest BCUT2D eigenvalue weighted by atomic mass is 79.9. The SMILES string of the molecule is O=S(=O)(c1cccc2ccccc12)N1CCC(Br)C1. The van der Waals surface area contributed by atoms with Crippen molar-refractivity contribution in [3.05, 3.63) is 42.5 Å². The smallest absolute Gasteiger partial charge is 0.207 e. The molecule has 0 radical (unpaired) electrons. The number of fused-ring (bicyclic) bond motifs is 1. The zero-order valence-corrected chi connectivity index (χ0v) is 12.7. The zero-order valence-electron chi connectivity index (χ0n) is 10.3. The van der Waals surface area contributed by atoms with Crippen molar-refractivity contribution in [1.29, 1.82) is 0 Å². The van der Waals surface area contributed by atoms with E-state index in [1.807, 2.05) is 30.3 Å². The first-order valence-electron chi connectivity index (χ1n) is 6.21. The van der Waals surface area contributed by atoms with Crippen LogP contribution in [0.25, 0.3) is 10.8 Å². The van der Waals surface area contributed by atoms with Crippen molar-refractivity contribution >= 4 is 36.7 Å². The number of benzene rings is 2. The number of rotatable bonds is 2. The van der Waals surface area contributed by atoms with Crippen molar-refractivity contribution in [3.63, 3.8) is 0 Å². The van der Waals surface area contributed by atoms with E-state index >= 15 is 0 Å². The molecule has 2 aromatic rings. The Morgan fingerprint density at radius 1 is 1.11 bits per heavy atom. The Bertz CT molecular complexity index is 709. The first kappa shape index (κ1) is 13.1. The van der Waals surface area contributed by atoms with Crippen molar-refractivity contribution in [2.45, 2.75) is 16.1 Å². The number of alkyl halides is 1. The highest BCUT2D eigenvalue weighted by Crippen LogP contribution is 2.29. The van der Waals surface area contributed by atoms with Crippen LogP contribution in [-0.4, -0.2) is 30.6 Å². The lowest BCUT2D eigenvalue weighted by atomic mass is 10.1. The average molecular weight is 340 g/mol. The van der Waals surface area contributed by atoms with Gasteiger partial charge in [-0.25, -0.2) is 8.42 Å². The van der Waals surface area contributed by atoms with Crippen LogP contribution in [0, 0.1) is 0 Å². The van der Waals surface area contributed by atoms with Gasteiger partial charge in [-0.2, -0.15) is 4.31 Å². The third-order valence-corrected chi connectivity index (χ3v) is 6.13. The molecule has 3 nitrogen and oxygen atoms in total. The number of hydrogen-bond donors (Lipinski definition) is 0. The van der Waals surface area contributed by atoms with Gasteiger partial charge in [0.2, 0.25) is 10.0 Å². The topological polar surface area (TPSA) is 37.4 Å². The summed E-state index contributed by atoms with van der Waals surface area (Å²) in [6, 6.07) is 13.0. The highest BCUT2D eigenvalue weighted by Gasteiger charge is 2.32. The molecule has 0 amide bonds. The molecule has 1 saturated heterocycles. The highest BCUT2D eigenvalue weighted by molar-refractivity contribution is 9.09. The summed E-state index contributed by atoms with van der Waals surface area (Å²) in [6.45, 7) is 1.13. The molecule has 3 rings (SSSR count). The summed E-state index contributed by atoms with van der Waals surface area (Å²) >= 11 is 3.49. The maximum atomic E-state index is 12.7. The predicted molar refractivity (Wildman–Crippen MR) is 80.0 cm³/mol. The summed E-state index contributed by atoms with van der Waals surface area (Å²) in [4.78, 5) is 0.671. The van der Waals surface area contributed by atoms with Gasteiger partial charge in [-0.1, -0.05) is 52.3 Å². The Kier molecular flexibility index (Phi) is 3.37. The van der Waals surface area contributed by atoms with Gasteiger partial charge in [0.25, 0.3) is 0 Å². The second-order valence-corrected chi connectivity index (χ2v) is 7.93. The summed E-state index contributed by atoms with van der Waals surface area (Å²) in [5.74, 6) is 0. The Balaban J connectivity index is 2.14. The molecule has 1 unspecified atom stereocenters. The molecule has 2 aromatic carbocycles. The third-order valence-electron chi connectivity index (χ3n) is 3.46. The van der Waals surface area contributed by atoms with Crippen LogP contribution in [0.5, 0.6) is 0 Å². The molecule has 100 valence electrons. The van der Waals surface area contributed by atoms with Gasteiger partial charge in [-0.05, 0) is 17.9 Å². The molecule has 1 atom stereocenters. The van der Waals surface area contributed by atoms with Gasteiger partial charge in [0, 0.05) is 23.3 Å². The van der Waals surface area contributed by atoms with Crippen LogP contribution < -0.4 is 0 Å². The monoisotopic (exact) mass is 339 g/mol. The second kappa shape index (κ2) is 4.89. The second-order valence-electron chi connectivity index (χ2n) is 4.73. The van der Waals surface area contributed by atoms with Gasteiger partial charge in [-0.3, -0.25) is 0 Å². The molecular formula is C14H14BrNO2S.